The average Bonchev–Trinajstić information content (AvgIpc) is 2.72. The minimum Gasteiger partial charge on any atom is -0.423 e. The molecule has 0 aliphatic carbocycles. The summed E-state index contributed by atoms with van der Waals surface area (Å²) in [4.78, 5) is 26.4. The van der Waals surface area contributed by atoms with Crippen LogP contribution in [0.15, 0.2) is 51.7 Å². The quantitative estimate of drug-likeness (QED) is 0.552. The lowest BCUT2D eigenvalue weighted by Gasteiger charge is -2.26. The van der Waals surface area contributed by atoms with Crippen molar-refractivity contribution in [2.24, 2.45) is 0 Å². The highest BCUT2D eigenvalue weighted by atomic mass is 35.5. The number of hydrogen-bond acceptors (Lipinski definition) is 3. The molecule has 1 aromatic heterocycles. The number of hydrogen-bond donors (Lipinski definition) is 0. The van der Waals surface area contributed by atoms with Crippen molar-refractivity contribution in [3.63, 3.8) is 0 Å². The number of piperidine rings is 1. The zero-order valence-electron chi connectivity index (χ0n) is 15.9. The molecule has 4 rings (SSSR count). The molecule has 0 atom stereocenters. The van der Waals surface area contributed by atoms with Gasteiger partial charge in [-0.2, -0.15) is 0 Å². The fraction of sp³-hybridized carbons (Fsp3) is 0.304. The van der Waals surface area contributed by atoms with Gasteiger partial charge in [0.25, 0.3) is 0 Å². The molecule has 0 N–H and O–H groups in total. The van der Waals surface area contributed by atoms with Gasteiger partial charge in [0.05, 0.1) is 5.02 Å². The maximum absolute atomic E-state index is 13.4. The van der Waals surface area contributed by atoms with Gasteiger partial charge in [0.2, 0.25) is 5.91 Å². The van der Waals surface area contributed by atoms with E-state index in [9.17, 15) is 14.0 Å². The number of halogens is 2. The second kappa shape index (κ2) is 8.37. The van der Waals surface area contributed by atoms with Crippen LogP contribution in [0, 0.1) is 5.82 Å². The summed E-state index contributed by atoms with van der Waals surface area (Å²) in [5.41, 5.74) is 2.01. The Morgan fingerprint density at radius 1 is 1.03 bits per heavy atom. The van der Waals surface area contributed by atoms with Crippen LogP contribution in [-0.2, 0) is 11.2 Å². The summed E-state index contributed by atoms with van der Waals surface area (Å²) >= 11 is 6.19. The normalized spacial score (nSPS) is 14.3. The lowest BCUT2D eigenvalue weighted by molar-refractivity contribution is -0.132. The Labute approximate surface area is 172 Å². The third kappa shape index (κ3) is 4.35. The lowest BCUT2D eigenvalue weighted by Crippen LogP contribution is -2.35. The molecule has 2 aromatic carbocycles. The number of rotatable bonds is 4. The SMILES string of the molecule is O=C(CCc1ccc2c(-c3ccc(F)cc3Cl)cc(=O)oc2c1)N1CCCCC1. The van der Waals surface area contributed by atoms with Gasteiger partial charge < -0.3 is 9.32 Å². The summed E-state index contributed by atoms with van der Waals surface area (Å²) in [7, 11) is 0. The monoisotopic (exact) mass is 413 g/mol. The number of fused-ring (bicyclic) bond motifs is 1. The molecule has 1 amide bonds. The molecule has 0 bridgehead atoms. The molecule has 0 spiro atoms. The summed E-state index contributed by atoms with van der Waals surface area (Å²) in [6.45, 7) is 1.68. The van der Waals surface area contributed by atoms with Crippen molar-refractivity contribution in [3.8, 4) is 11.1 Å². The van der Waals surface area contributed by atoms with E-state index >= 15 is 0 Å². The first kappa shape index (κ1) is 19.6. The molecular formula is C23H21ClFNO3. The van der Waals surface area contributed by atoms with Gasteiger partial charge in [0, 0.05) is 42.1 Å². The van der Waals surface area contributed by atoms with E-state index in [1.54, 1.807) is 12.1 Å². The third-order valence-corrected chi connectivity index (χ3v) is 5.68. The number of benzene rings is 2. The molecule has 4 nitrogen and oxygen atoms in total. The summed E-state index contributed by atoms with van der Waals surface area (Å²) in [5.74, 6) is -0.273. The molecule has 1 fully saturated rings. The van der Waals surface area contributed by atoms with Gasteiger partial charge in [0.1, 0.15) is 11.4 Å². The number of likely N-dealkylation sites (tertiary alicyclic amines) is 1. The highest BCUT2D eigenvalue weighted by Gasteiger charge is 2.17. The fourth-order valence-electron chi connectivity index (χ4n) is 3.85. The second-order valence-corrected chi connectivity index (χ2v) is 7.78. The predicted octanol–water partition coefficient (Wildman–Crippen LogP) is 5.20. The largest absolute Gasteiger partial charge is 0.423 e. The Bertz CT molecular complexity index is 1120. The van der Waals surface area contributed by atoms with E-state index in [-0.39, 0.29) is 10.9 Å². The van der Waals surface area contributed by atoms with E-state index in [0.717, 1.165) is 31.5 Å². The molecule has 6 heteroatoms. The van der Waals surface area contributed by atoms with E-state index in [1.807, 2.05) is 17.0 Å². The zero-order chi connectivity index (χ0) is 20.4. The molecule has 1 saturated heterocycles. The maximum atomic E-state index is 13.4. The van der Waals surface area contributed by atoms with Crippen molar-refractivity contribution < 1.29 is 13.6 Å². The lowest BCUT2D eigenvalue weighted by atomic mass is 9.99. The molecule has 3 aromatic rings. The molecule has 0 saturated carbocycles. The van der Waals surface area contributed by atoms with Crippen molar-refractivity contribution in [2.45, 2.75) is 32.1 Å². The molecule has 1 aliphatic rings. The molecule has 150 valence electrons. The van der Waals surface area contributed by atoms with Crippen LogP contribution in [0.1, 0.15) is 31.2 Å². The minimum atomic E-state index is -0.505. The van der Waals surface area contributed by atoms with E-state index in [4.69, 9.17) is 16.0 Å². The molecule has 2 heterocycles. The Kier molecular flexibility index (Phi) is 5.67. The molecule has 29 heavy (non-hydrogen) atoms. The summed E-state index contributed by atoms with van der Waals surface area (Å²) in [5, 5.41) is 0.942. The fourth-order valence-corrected chi connectivity index (χ4v) is 4.12. The van der Waals surface area contributed by atoms with Crippen LogP contribution in [0.5, 0.6) is 0 Å². The van der Waals surface area contributed by atoms with Gasteiger partial charge >= 0.3 is 5.63 Å². The average molecular weight is 414 g/mol. The number of aryl methyl sites for hydroxylation is 1. The van der Waals surface area contributed by atoms with E-state index in [1.165, 1.54) is 24.6 Å². The number of carbonyl (C=O) groups excluding carboxylic acids is 1. The Balaban J connectivity index is 1.61. The summed E-state index contributed by atoms with van der Waals surface area (Å²) < 4.78 is 18.8. The first-order valence-corrected chi connectivity index (χ1v) is 10.2. The number of carbonyl (C=O) groups is 1. The number of amides is 1. The Hall–Kier alpha value is -2.66. The molecular weight excluding hydrogens is 393 g/mol. The van der Waals surface area contributed by atoms with Gasteiger partial charge in [-0.1, -0.05) is 23.7 Å². The van der Waals surface area contributed by atoms with Gasteiger partial charge in [-0.3, -0.25) is 4.79 Å². The van der Waals surface area contributed by atoms with Crippen LogP contribution >= 0.6 is 11.6 Å². The van der Waals surface area contributed by atoms with E-state index < -0.39 is 11.4 Å². The first-order valence-electron chi connectivity index (χ1n) is 9.81. The highest BCUT2D eigenvalue weighted by Crippen LogP contribution is 2.33. The van der Waals surface area contributed by atoms with Gasteiger partial charge in [-0.15, -0.1) is 0 Å². The summed E-state index contributed by atoms with van der Waals surface area (Å²) in [6, 6.07) is 11.0. The standard InChI is InChI=1S/C23H21ClFNO3/c24-20-13-16(25)6-8-17(20)19-14-23(28)29-21-12-15(4-7-18(19)21)5-9-22(27)26-10-2-1-3-11-26/h4,6-8,12-14H,1-3,5,9-11H2. The zero-order valence-corrected chi connectivity index (χ0v) is 16.7. The number of nitrogens with zero attached hydrogens (tertiary/aromatic N) is 1. The third-order valence-electron chi connectivity index (χ3n) is 5.37. The summed E-state index contributed by atoms with van der Waals surface area (Å²) in [6.07, 6.45) is 4.34. The first-order chi connectivity index (χ1) is 14.0. The van der Waals surface area contributed by atoms with Crippen LogP contribution in [0.4, 0.5) is 4.39 Å². The van der Waals surface area contributed by atoms with Crippen LogP contribution in [0.25, 0.3) is 22.1 Å². The van der Waals surface area contributed by atoms with Gasteiger partial charge in [0.15, 0.2) is 0 Å². The Morgan fingerprint density at radius 3 is 2.59 bits per heavy atom. The van der Waals surface area contributed by atoms with Crippen molar-refractivity contribution >= 4 is 28.5 Å². The van der Waals surface area contributed by atoms with Gasteiger partial charge in [-0.25, -0.2) is 9.18 Å². The van der Waals surface area contributed by atoms with Crippen LogP contribution in [0.2, 0.25) is 5.02 Å². The molecule has 0 radical (unpaired) electrons. The van der Waals surface area contributed by atoms with Crippen molar-refractivity contribution in [2.75, 3.05) is 13.1 Å². The Morgan fingerprint density at radius 2 is 1.83 bits per heavy atom. The van der Waals surface area contributed by atoms with Gasteiger partial charge in [-0.05, 0) is 55.5 Å². The smallest absolute Gasteiger partial charge is 0.336 e. The predicted molar refractivity (Wildman–Crippen MR) is 112 cm³/mol. The highest BCUT2D eigenvalue weighted by molar-refractivity contribution is 6.33. The minimum absolute atomic E-state index is 0.165. The molecule has 1 aliphatic heterocycles. The van der Waals surface area contributed by atoms with Crippen LogP contribution < -0.4 is 5.63 Å². The second-order valence-electron chi connectivity index (χ2n) is 7.38. The van der Waals surface area contributed by atoms with Crippen LogP contribution in [0.3, 0.4) is 0 Å². The maximum Gasteiger partial charge on any atom is 0.336 e. The molecule has 0 unspecified atom stereocenters. The van der Waals surface area contributed by atoms with Crippen molar-refractivity contribution in [3.05, 3.63) is 69.3 Å². The van der Waals surface area contributed by atoms with Crippen molar-refractivity contribution in [1.29, 1.82) is 0 Å². The van der Waals surface area contributed by atoms with Crippen molar-refractivity contribution in [1.82, 2.24) is 4.90 Å². The van der Waals surface area contributed by atoms with E-state index in [0.29, 0.717) is 34.9 Å². The van der Waals surface area contributed by atoms with Crippen LogP contribution in [-0.4, -0.2) is 23.9 Å². The van der Waals surface area contributed by atoms with E-state index in [2.05, 4.69) is 0 Å². The topological polar surface area (TPSA) is 50.5 Å².